The van der Waals surface area contributed by atoms with Crippen LogP contribution < -0.4 is 10.5 Å². The molecule has 0 aliphatic rings. The molecular formula is C12H14ClN3O. The molecule has 5 heteroatoms. The van der Waals surface area contributed by atoms with Gasteiger partial charge in [0.25, 0.3) is 0 Å². The molecule has 0 fully saturated rings. The topological polar surface area (TPSA) is 61.0 Å². The minimum Gasteiger partial charge on any atom is -0.494 e. The molecule has 1 heterocycles. The summed E-state index contributed by atoms with van der Waals surface area (Å²) in [6.45, 7) is 0.665. The van der Waals surface area contributed by atoms with E-state index < -0.39 is 0 Å². The van der Waals surface area contributed by atoms with Gasteiger partial charge in [0.15, 0.2) is 0 Å². The van der Waals surface area contributed by atoms with Crippen molar-refractivity contribution in [3.05, 3.63) is 24.5 Å². The Morgan fingerprint density at radius 3 is 2.94 bits per heavy atom. The number of benzene rings is 1. The van der Waals surface area contributed by atoms with E-state index in [1.807, 2.05) is 18.2 Å². The molecule has 2 aromatic rings. The van der Waals surface area contributed by atoms with E-state index in [-0.39, 0.29) is 0 Å². The van der Waals surface area contributed by atoms with Crippen LogP contribution in [0.3, 0.4) is 0 Å². The van der Waals surface area contributed by atoms with E-state index >= 15 is 0 Å². The van der Waals surface area contributed by atoms with Crippen LogP contribution in [0, 0.1) is 0 Å². The fourth-order valence-corrected chi connectivity index (χ4v) is 1.72. The zero-order chi connectivity index (χ0) is 12.1. The quantitative estimate of drug-likeness (QED) is 0.656. The van der Waals surface area contributed by atoms with Crippen molar-refractivity contribution >= 4 is 28.3 Å². The van der Waals surface area contributed by atoms with Crippen molar-refractivity contribution in [2.45, 2.75) is 12.8 Å². The summed E-state index contributed by atoms with van der Waals surface area (Å²) in [5, 5.41) is 0.848. The lowest BCUT2D eigenvalue weighted by atomic mass is 10.2. The maximum Gasteiger partial charge on any atom is 0.134 e. The van der Waals surface area contributed by atoms with Crippen LogP contribution in [0.2, 0.25) is 0 Å². The van der Waals surface area contributed by atoms with Crippen LogP contribution in [-0.4, -0.2) is 22.5 Å². The molecule has 17 heavy (non-hydrogen) atoms. The summed E-state index contributed by atoms with van der Waals surface area (Å²) in [6, 6.07) is 5.62. The van der Waals surface area contributed by atoms with Crippen molar-refractivity contribution in [3.8, 4) is 5.75 Å². The average molecular weight is 252 g/mol. The third-order valence-electron chi connectivity index (χ3n) is 2.44. The molecule has 0 amide bonds. The molecule has 0 saturated carbocycles. The highest BCUT2D eigenvalue weighted by atomic mass is 35.5. The van der Waals surface area contributed by atoms with Gasteiger partial charge in [-0.2, -0.15) is 0 Å². The van der Waals surface area contributed by atoms with Gasteiger partial charge in [-0.25, -0.2) is 9.97 Å². The van der Waals surface area contributed by atoms with Crippen LogP contribution in [-0.2, 0) is 0 Å². The second kappa shape index (κ2) is 5.68. The molecule has 0 saturated heterocycles. The summed E-state index contributed by atoms with van der Waals surface area (Å²) < 4.78 is 5.60. The number of hydrogen-bond acceptors (Lipinski definition) is 4. The molecule has 2 rings (SSSR count). The molecule has 0 atom stereocenters. The summed E-state index contributed by atoms with van der Waals surface area (Å²) in [6.07, 6.45) is 3.37. The van der Waals surface area contributed by atoms with E-state index in [1.54, 1.807) is 0 Å². The van der Waals surface area contributed by atoms with Crippen LogP contribution in [0.25, 0.3) is 10.9 Å². The van der Waals surface area contributed by atoms with E-state index in [1.165, 1.54) is 6.33 Å². The van der Waals surface area contributed by atoms with E-state index in [2.05, 4.69) is 9.97 Å². The zero-order valence-electron chi connectivity index (χ0n) is 9.40. The Morgan fingerprint density at radius 2 is 2.12 bits per heavy atom. The molecule has 0 spiro atoms. The fourth-order valence-electron chi connectivity index (χ4n) is 1.53. The smallest absolute Gasteiger partial charge is 0.134 e. The minimum absolute atomic E-state index is 0.490. The van der Waals surface area contributed by atoms with E-state index in [4.69, 9.17) is 22.1 Å². The first kappa shape index (κ1) is 11.9. The molecule has 4 nitrogen and oxygen atoms in total. The van der Waals surface area contributed by atoms with Crippen LogP contribution in [0.4, 0.5) is 5.82 Å². The molecule has 2 N–H and O–H groups in total. The van der Waals surface area contributed by atoms with Crippen molar-refractivity contribution < 1.29 is 4.74 Å². The number of ether oxygens (including phenoxy) is 1. The van der Waals surface area contributed by atoms with Crippen LogP contribution in [0.1, 0.15) is 12.8 Å². The number of nitrogens with two attached hydrogens (primary N) is 1. The normalized spacial score (nSPS) is 10.6. The molecule has 0 bridgehead atoms. The van der Waals surface area contributed by atoms with Crippen molar-refractivity contribution in [1.29, 1.82) is 0 Å². The molecule has 0 aliphatic carbocycles. The monoisotopic (exact) mass is 251 g/mol. The number of hydrogen-bond donors (Lipinski definition) is 1. The summed E-state index contributed by atoms with van der Waals surface area (Å²) >= 11 is 5.59. The van der Waals surface area contributed by atoms with Gasteiger partial charge in [0.05, 0.1) is 12.1 Å². The van der Waals surface area contributed by atoms with E-state index in [0.29, 0.717) is 18.3 Å². The standard InChI is InChI=1S/C12H14ClN3O/c13-5-1-2-6-17-9-3-4-10-11(7-9)15-8-16-12(10)14/h3-4,7-8H,1-2,5-6H2,(H2,14,15,16). The van der Waals surface area contributed by atoms with Gasteiger partial charge in [0.1, 0.15) is 17.9 Å². The Hall–Kier alpha value is -1.55. The van der Waals surface area contributed by atoms with Crippen molar-refractivity contribution in [3.63, 3.8) is 0 Å². The molecule has 0 radical (unpaired) electrons. The summed E-state index contributed by atoms with van der Waals surface area (Å²) in [5.74, 6) is 1.96. The Labute approximate surface area is 105 Å². The Kier molecular flexibility index (Phi) is 3.98. The molecule has 1 aromatic carbocycles. The number of anilines is 1. The fraction of sp³-hybridized carbons (Fsp3) is 0.333. The number of nitrogen functional groups attached to an aromatic ring is 1. The van der Waals surface area contributed by atoms with Crippen LogP contribution in [0.5, 0.6) is 5.75 Å². The van der Waals surface area contributed by atoms with Crippen molar-refractivity contribution in [2.24, 2.45) is 0 Å². The van der Waals surface area contributed by atoms with E-state index in [9.17, 15) is 0 Å². The number of aromatic nitrogens is 2. The van der Waals surface area contributed by atoms with Gasteiger partial charge in [-0.05, 0) is 25.0 Å². The molecule has 0 unspecified atom stereocenters. The van der Waals surface area contributed by atoms with E-state index in [0.717, 1.165) is 29.5 Å². The summed E-state index contributed by atoms with van der Waals surface area (Å²) in [5.41, 5.74) is 6.54. The zero-order valence-corrected chi connectivity index (χ0v) is 10.2. The second-order valence-corrected chi connectivity index (χ2v) is 4.06. The number of fused-ring (bicyclic) bond motifs is 1. The first-order valence-electron chi connectivity index (χ1n) is 5.50. The minimum atomic E-state index is 0.490. The highest BCUT2D eigenvalue weighted by Gasteiger charge is 2.02. The maximum atomic E-state index is 5.74. The molecule has 90 valence electrons. The SMILES string of the molecule is Nc1ncnc2cc(OCCCCCl)ccc12. The number of alkyl halides is 1. The van der Waals surface area contributed by atoms with Crippen molar-refractivity contribution in [1.82, 2.24) is 9.97 Å². The lowest BCUT2D eigenvalue weighted by Crippen LogP contribution is -1.98. The number of halogens is 1. The first-order valence-corrected chi connectivity index (χ1v) is 6.03. The van der Waals surface area contributed by atoms with Crippen molar-refractivity contribution in [2.75, 3.05) is 18.2 Å². The number of unbranched alkanes of at least 4 members (excludes halogenated alkanes) is 1. The first-order chi connectivity index (χ1) is 8.31. The average Bonchev–Trinajstić information content (AvgIpc) is 2.35. The second-order valence-electron chi connectivity index (χ2n) is 3.68. The van der Waals surface area contributed by atoms with Crippen LogP contribution >= 0.6 is 11.6 Å². The van der Waals surface area contributed by atoms with Gasteiger partial charge < -0.3 is 10.5 Å². The lowest BCUT2D eigenvalue weighted by molar-refractivity contribution is 0.310. The largest absolute Gasteiger partial charge is 0.494 e. The third-order valence-corrected chi connectivity index (χ3v) is 2.70. The maximum absolute atomic E-state index is 5.74. The lowest BCUT2D eigenvalue weighted by Gasteiger charge is -2.06. The predicted molar refractivity (Wildman–Crippen MR) is 69.4 cm³/mol. The van der Waals surface area contributed by atoms with Gasteiger partial charge in [-0.3, -0.25) is 0 Å². The predicted octanol–water partition coefficient (Wildman–Crippen LogP) is 2.61. The van der Waals surface area contributed by atoms with Gasteiger partial charge in [-0.1, -0.05) is 0 Å². The highest BCUT2D eigenvalue weighted by Crippen LogP contribution is 2.22. The van der Waals surface area contributed by atoms with Gasteiger partial charge >= 0.3 is 0 Å². The van der Waals surface area contributed by atoms with Gasteiger partial charge in [0, 0.05) is 17.3 Å². The molecule has 1 aromatic heterocycles. The third kappa shape index (κ3) is 2.97. The number of rotatable bonds is 5. The highest BCUT2D eigenvalue weighted by molar-refractivity contribution is 6.17. The van der Waals surface area contributed by atoms with Gasteiger partial charge in [-0.15, -0.1) is 11.6 Å². The summed E-state index contributed by atoms with van der Waals surface area (Å²) in [7, 11) is 0. The number of nitrogens with zero attached hydrogens (tertiary/aromatic N) is 2. The van der Waals surface area contributed by atoms with Gasteiger partial charge in [0.2, 0.25) is 0 Å². The molecule has 0 aliphatic heterocycles. The molecular weight excluding hydrogens is 238 g/mol. The Balaban J connectivity index is 2.10. The Bertz CT molecular complexity index is 504. The Morgan fingerprint density at radius 1 is 1.24 bits per heavy atom. The van der Waals surface area contributed by atoms with Crippen LogP contribution in [0.15, 0.2) is 24.5 Å². The summed E-state index contributed by atoms with van der Waals surface area (Å²) in [4.78, 5) is 8.09.